The average molecular weight is 320 g/mol. The predicted octanol–water partition coefficient (Wildman–Crippen LogP) is 4.09. The van der Waals surface area contributed by atoms with Gasteiger partial charge in [-0.3, -0.25) is 0 Å². The molecule has 0 atom stereocenters. The number of thiophene rings is 1. The molecule has 0 unspecified atom stereocenters. The molecule has 1 aromatic carbocycles. The minimum absolute atomic E-state index is 0.212. The zero-order chi connectivity index (χ0) is 15.8. The van der Waals surface area contributed by atoms with Crippen molar-refractivity contribution in [2.75, 3.05) is 11.9 Å². The monoisotopic (exact) mass is 320 g/mol. The first-order valence-corrected chi connectivity index (χ1v) is 8.58. The molecule has 114 valence electrons. The van der Waals surface area contributed by atoms with E-state index in [1.54, 1.807) is 11.3 Å². The van der Waals surface area contributed by atoms with E-state index >= 15 is 0 Å². The van der Waals surface area contributed by atoms with Crippen LogP contribution < -0.4 is 5.32 Å². The number of fused-ring (bicyclic) bond motifs is 3. The van der Waals surface area contributed by atoms with Gasteiger partial charge in [-0.05, 0) is 31.7 Å². The van der Waals surface area contributed by atoms with Gasteiger partial charge in [0.05, 0.1) is 11.8 Å². The van der Waals surface area contributed by atoms with E-state index in [0.717, 1.165) is 28.9 Å². The molecule has 1 aliphatic carbocycles. The van der Waals surface area contributed by atoms with E-state index in [4.69, 9.17) is 10.2 Å². The van der Waals surface area contributed by atoms with Crippen LogP contribution in [0.25, 0.3) is 21.5 Å². The minimum Gasteiger partial charge on any atom is -0.341 e. The molecule has 0 spiro atoms. The summed E-state index contributed by atoms with van der Waals surface area (Å²) in [5.41, 5.74) is 4.75. The van der Waals surface area contributed by atoms with Crippen molar-refractivity contribution in [3.05, 3.63) is 40.3 Å². The maximum Gasteiger partial charge on any atom is 0.225 e. The quantitative estimate of drug-likeness (QED) is 0.738. The minimum atomic E-state index is 0.212. The van der Waals surface area contributed by atoms with Crippen molar-refractivity contribution in [2.24, 2.45) is 0 Å². The molecule has 0 saturated heterocycles. The van der Waals surface area contributed by atoms with Crippen molar-refractivity contribution in [1.82, 2.24) is 9.97 Å². The van der Waals surface area contributed by atoms with Crippen molar-refractivity contribution >= 4 is 27.5 Å². The Morgan fingerprint density at radius 1 is 1.22 bits per heavy atom. The van der Waals surface area contributed by atoms with E-state index in [1.807, 2.05) is 0 Å². The highest BCUT2D eigenvalue weighted by Crippen LogP contribution is 2.41. The summed E-state index contributed by atoms with van der Waals surface area (Å²) >= 11 is 1.77. The molecule has 4 nitrogen and oxygen atoms in total. The Hall–Kier alpha value is -2.45. The third-order valence-electron chi connectivity index (χ3n) is 4.22. The number of hydrogen-bond acceptors (Lipinski definition) is 5. The van der Waals surface area contributed by atoms with Crippen molar-refractivity contribution in [1.29, 1.82) is 5.26 Å². The summed E-state index contributed by atoms with van der Waals surface area (Å²) in [6, 6.07) is 10.5. The SMILES string of the molecule is Cc1ccc(-c2nc(NCC#N)nc3sc4c(c23)CCC4)cc1. The Morgan fingerprint density at radius 3 is 2.83 bits per heavy atom. The highest BCUT2D eigenvalue weighted by atomic mass is 32.1. The van der Waals surface area contributed by atoms with Crippen LogP contribution in [0.4, 0.5) is 5.95 Å². The molecule has 4 rings (SSSR count). The third-order valence-corrected chi connectivity index (χ3v) is 5.40. The number of rotatable bonds is 3. The first-order valence-electron chi connectivity index (χ1n) is 7.76. The van der Waals surface area contributed by atoms with Gasteiger partial charge in [-0.1, -0.05) is 29.8 Å². The highest BCUT2D eigenvalue weighted by Gasteiger charge is 2.22. The van der Waals surface area contributed by atoms with Gasteiger partial charge in [-0.25, -0.2) is 9.97 Å². The number of nitrogens with zero attached hydrogens (tertiary/aromatic N) is 3. The van der Waals surface area contributed by atoms with Crippen molar-refractivity contribution in [3.63, 3.8) is 0 Å². The molecule has 0 radical (unpaired) electrons. The number of aryl methyl sites for hydroxylation is 3. The third kappa shape index (κ3) is 2.45. The van der Waals surface area contributed by atoms with Gasteiger partial charge in [0, 0.05) is 15.8 Å². The Kier molecular flexibility index (Phi) is 3.47. The van der Waals surface area contributed by atoms with Gasteiger partial charge >= 0.3 is 0 Å². The second-order valence-corrected chi connectivity index (χ2v) is 6.89. The van der Waals surface area contributed by atoms with Gasteiger partial charge in [-0.2, -0.15) is 5.26 Å². The normalized spacial score (nSPS) is 13.0. The molecule has 0 bridgehead atoms. The second-order valence-electron chi connectivity index (χ2n) is 5.81. The van der Waals surface area contributed by atoms with Gasteiger partial charge < -0.3 is 5.32 Å². The van der Waals surface area contributed by atoms with Crippen LogP contribution in [0.1, 0.15) is 22.4 Å². The molecule has 0 fully saturated rings. The lowest BCUT2D eigenvalue weighted by atomic mass is 10.0. The van der Waals surface area contributed by atoms with Crippen LogP contribution in [0.2, 0.25) is 0 Å². The number of benzene rings is 1. The van der Waals surface area contributed by atoms with Gasteiger partial charge in [0.15, 0.2) is 0 Å². The Balaban J connectivity index is 1.95. The molecular formula is C18H16N4S. The average Bonchev–Trinajstić information content (AvgIpc) is 3.13. The predicted molar refractivity (Wildman–Crippen MR) is 93.7 cm³/mol. The number of aromatic nitrogens is 2. The summed E-state index contributed by atoms with van der Waals surface area (Å²) in [5, 5.41) is 13.0. The number of anilines is 1. The Morgan fingerprint density at radius 2 is 2.04 bits per heavy atom. The summed E-state index contributed by atoms with van der Waals surface area (Å²) < 4.78 is 0. The lowest BCUT2D eigenvalue weighted by Gasteiger charge is -2.08. The maximum absolute atomic E-state index is 8.79. The molecule has 23 heavy (non-hydrogen) atoms. The fourth-order valence-electron chi connectivity index (χ4n) is 3.11. The molecular weight excluding hydrogens is 304 g/mol. The number of nitriles is 1. The zero-order valence-electron chi connectivity index (χ0n) is 12.9. The van der Waals surface area contributed by atoms with Crippen molar-refractivity contribution in [2.45, 2.75) is 26.2 Å². The highest BCUT2D eigenvalue weighted by molar-refractivity contribution is 7.19. The molecule has 0 aliphatic heterocycles. The molecule has 3 aromatic rings. The summed E-state index contributed by atoms with van der Waals surface area (Å²) in [7, 11) is 0. The molecule has 0 saturated carbocycles. The van der Waals surface area contributed by atoms with Gasteiger partial charge in [-0.15, -0.1) is 11.3 Å². The van der Waals surface area contributed by atoms with Gasteiger partial charge in [0.25, 0.3) is 0 Å². The van der Waals surface area contributed by atoms with E-state index in [2.05, 4.69) is 47.6 Å². The molecule has 2 heterocycles. The van der Waals surface area contributed by atoms with E-state index in [1.165, 1.54) is 27.8 Å². The smallest absolute Gasteiger partial charge is 0.225 e. The van der Waals surface area contributed by atoms with Crippen LogP contribution in [0.5, 0.6) is 0 Å². The second kappa shape index (κ2) is 5.64. The van der Waals surface area contributed by atoms with Crippen LogP contribution in [0, 0.1) is 18.3 Å². The van der Waals surface area contributed by atoms with Crippen LogP contribution in [0.15, 0.2) is 24.3 Å². The summed E-state index contributed by atoms with van der Waals surface area (Å²) in [4.78, 5) is 11.8. The van der Waals surface area contributed by atoms with E-state index in [0.29, 0.717) is 5.95 Å². The molecule has 0 amide bonds. The largest absolute Gasteiger partial charge is 0.341 e. The lowest BCUT2D eigenvalue weighted by Crippen LogP contribution is -2.04. The Bertz CT molecular complexity index is 919. The maximum atomic E-state index is 8.79. The molecule has 1 aliphatic rings. The number of hydrogen-bond donors (Lipinski definition) is 1. The fourth-order valence-corrected chi connectivity index (χ4v) is 4.37. The fraction of sp³-hybridized carbons (Fsp3) is 0.278. The van der Waals surface area contributed by atoms with E-state index in [9.17, 15) is 0 Å². The zero-order valence-corrected chi connectivity index (χ0v) is 13.7. The van der Waals surface area contributed by atoms with Gasteiger partial charge in [0.1, 0.15) is 11.4 Å². The van der Waals surface area contributed by atoms with E-state index in [-0.39, 0.29) is 6.54 Å². The van der Waals surface area contributed by atoms with Crippen LogP contribution in [-0.2, 0) is 12.8 Å². The lowest BCUT2D eigenvalue weighted by molar-refractivity contribution is 0.917. The molecule has 1 N–H and O–H groups in total. The van der Waals surface area contributed by atoms with Gasteiger partial charge in [0.2, 0.25) is 5.95 Å². The Labute approximate surface area is 138 Å². The van der Waals surface area contributed by atoms with Crippen molar-refractivity contribution < 1.29 is 0 Å². The molecule has 5 heteroatoms. The molecule has 2 aromatic heterocycles. The van der Waals surface area contributed by atoms with Crippen LogP contribution in [-0.4, -0.2) is 16.5 Å². The van der Waals surface area contributed by atoms with Crippen molar-refractivity contribution in [3.8, 4) is 17.3 Å². The summed E-state index contributed by atoms with van der Waals surface area (Å²) in [6.45, 7) is 2.30. The van der Waals surface area contributed by atoms with E-state index < -0.39 is 0 Å². The standard InChI is InChI=1S/C18H16N4S/c1-11-5-7-12(8-6-11)16-15-13-3-2-4-14(13)23-17(15)22-18(21-16)20-10-9-19/h5-8H,2-4,10H2,1H3,(H,20,21,22). The first-order chi connectivity index (χ1) is 11.3. The summed E-state index contributed by atoms with van der Waals surface area (Å²) in [5.74, 6) is 0.537. The first kappa shape index (κ1) is 14.2. The number of nitrogens with one attached hydrogen (secondary N) is 1. The summed E-state index contributed by atoms with van der Waals surface area (Å²) in [6.07, 6.45) is 3.48. The van der Waals surface area contributed by atoms with Crippen LogP contribution >= 0.6 is 11.3 Å². The topological polar surface area (TPSA) is 61.6 Å². The van der Waals surface area contributed by atoms with Crippen LogP contribution in [0.3, 0.4) is 0 Å².